The van der Waals surface area contributed by atoms with Gasteiger partial charge in [0, 0.05) is 31.8 Å². The van der Waals surface area contributed by atoms with E-state index in [4.69, 9.17) is 4.74 Å². The fourth-order valence-corrected chi connectivity index (χ4v) is 2.69. The second-order valence-corrected chi connectivity index (χ2v) is 6.38. The van der Waals surface area contributed by atoms with Crippen LogP contribution in [0.1, 0.15) is 35.4 Å². The molecule has 0 spiro atoms. The normalized spacial score (nSPS) is 24.5. The van der Waals surface area contributed by atoms with Crippen LogP contribution in [0.5, 0.6) is 0 Å². The Morgan fingerprint density at radius 3 is 2.91 bits per heavy atom. The average Bonchev–Trinajstić information content (AvgIpc) is 3.19. The Morgan fingerprint density at radius 2 is 2.27 bits per heavy atom. The van der Waals surface area contributed by atoms with E-state index >= 15 is 0 Å². The number of likely N-dealkylation sites (tertiary alicyclic amines) is 1. The number of halogens is 2. The monoisotopic (exact) mass is 313 g/mol. The van der Waals surface area contributed by atoms with Crippen LogP contribution in [0.25, 0.3) is 0 Å². The van der Waals surface area contributed by atoms with Crippen molar-refractivity contribution in [3.05, 3.63) is 17.5 Å². The molecule has 0 aromatic carbocycles. The Balaban J connectivity index is 1.60. The molecule has 122 valence electrons. The number of hydrogen-bond donors (Lipinski definition) is 1. The first-order valence-corrected chi connectivity index (χ1v) is 7.72. The van der Waals surface area contributed by atoms with Crippen LogP contribution < -0.4 is 0 Å². The molecule has 7 heteroatoms. The summed E-state index contributed by atoms with van der Waals surface area (Å²) >= 11 is 0. The van der Waals surface area contributed by atoms with E-state index in [1.165, 1.54) is 4.90 Å². The molecular formula is C15H21F2N3O2. The maximum Gasteiger partial charge on any atom is 0.274 e. The Kier molecular flexibility index (Phi) is 4.16. The van der Waals surface area contributed by atoms with E-state index in [1.54, 1.807) is 13.0 Å². The minimum Gasteiger partial charge on any atom is -0.381 e. The van der Waals surface area contributed by atoms with Crippen molar-refractivity contribution in [2.45, 2.75) is 32.1 Å². The lowest BCUT2D eigenvalue weighted by atomic mass is 9.94. The van der Waals surface area contributed by atoms with Gasteiger partial charge >= 0.3 is 0 Å². The quantitative estimate of drug-likeness (QED) is 0.907. The van der Waals surface area contributed by atoms with Crippen molar-refractivity contribution in [3.63, 3.8) is 0 Å². The highest BCUT2D eigenvalue weighted by molar-refractivity contribution is 5.92. The molecule has 2 aliphatic rings. The zero-order valence-electron chi connectivity index (χ0n) is 12.6. The van der Waals surface area contributed by atoms with Crippen molar-refractivity contribution in [3.8, 4) is 0 Å². The van der Waals surface area contributed by atoms with Gasteiger partial charge in [0.25, 0.3) is 11.8 Å². The predicted molar refractivity (Wildman–Crippen MR) is 75.8 cm³/mol. The highest BCUT2D eigenvalue weighted by atomic mass is 19.3. The molecule has 1 aromatic rings. The first-order chi connectivity index (χ1) is 10.5. The van der Waals surface area contributed by atoms with Crippen LogP contribution in [-0.4, -0.2) is 53.2 Å². The summed E-state index contributed by atoms with van der Waals surface area (Å²) in [6.07, 6.45) is 1.94. The van der Waals surface area contributed by atoms with E-state index in [1.807, 2.05) is 0 Å². The lowest BCUT2D eigenvalue weighted by Gasteiger charge is -2.38. The molecule has 22 heavy (non-hydrogen) atoms. The van der Waals surface area contributed by atoms with Gasteiger partial charge < -0.3 is 9.64 Å². The first kappa shape index (κ1) is 15.4. The molecule has 1 aliphatic carbocycles. The Bertz CT molecular complexity index is 543. The third kappa shape index (κ3) is 3.45. The van der Waals surface area contributed by atoms with Crippen LogP contribution in [0.3, 0.4) is 0 Å². The van der Waals surface area contributed by atoms with Gasteiger partial charge in [-0.15, -0.1) is 0 Å². The number of amides is 1. The molecule has 1 N–H and O–H groups in total. The summed E-state index contributed by atoms with van der Waals surface area (Å²) in [7, 11) is 0. The van der Waals surface area contributed by atoms with Crippen LogP contribution >= 0.6 is 0 Å². The molecule has 1 amide bonds. The van der Waals surface area contributed by atoms with Gasteiger partial charge in [-0.25, -0.2) is 8.78 Å². The van der Waals surface area contributed by atoms with Crippen LogP contribution in [0.2, 0.25) is 0 Å². The van der Waals surface area contributed by atoms with Gasteiger partial charge in [0.1, 0.15) is 5.69 Å². The Morgan fingerprint density at radius 1 is 1.50 bits per heavy atom. The molecule has 0 radical (unpaired) electrons. The minimum atomic E-state index is -2.78. The van der Waals surface area contributed by atoms with Crippen LogP contribution in [0.15, 0.2) is 6.07 Å². The lowest BCUT2D eigenvalue weighted by molar-refractivity contribution is -0.122. The molecule has 2 fully saturated rings. The Hall–Kier alpha value is -1.50. The van der Waals surface area contributed by atoms with E-state index in [0.29, 0.717) is 12.5 Å². The maximum atomic E-state index is 14.0. The number of H-pyrrole nitrogens is 1. The van der Waals surface area contributed by atoms with Crippen molar-refractivity contribution in [1.29, 1.82) is 0 Å². The van der Waals surface area contributed by atoms with Gasteiger partial charge in [-0.3, -0.25) is 9.89 Å². The highest BCUT2D eigenvalue weighted by Gasteiger charge is 2.45. The number of alkyl halides is 2. The molecule has 0 bridgehead atoms. The zero-order chi connectivity index (χ0) is 15.7. The van der Waals surface area contributed by atoms with Crippen molar-refractivity contribution in [2.24, 2.45) is 11.8 Å². The summed E-state index contributed by atoms with van der Waals surface area (Å²) < 4.78 is 33.5. The summed E-state index contributed by atoms with van der Waals surface area (Å²) in [5.74, 6) is -3.47. The smallest absolute Gasteiger partial charge is 0.274 e. The van der Waals surface area contributed by atoms with Gasteiger partial charge in [-0.05, 0) is 31.7 Å². The van der Waals surface area contributed by atoms with Crippen molar-refractivity contribution < 1.29 is 18.3 Å². The summed E-state index contributed by atoms with van der Waals surface area (Å²) in [4.78, 5) is 13.8. The van der Waals surface area contributed by atoms with Crippen molar-refractivity contribution in [2.75, 3.05) is 26.3 Å². The number of nitrogens with zero attached hydrogens (tertiary/aromatic N) is 2. The molecule has 1 aliphatic heterocycles. The second kappa shape index (κ2) is 5.95. The third-order valence-corrected chi connectivity index (χ3v) is 4.33. The largest absolute Gasteiger partial charge is 0.381 e. The predicted octanol–water partition coefficient (Wildman–Crippen LogP) is 2.24. The summed E-state index contributed by atoms with van der Waals surface area (Å²) in [6, 6.07) is 1.63. The minimum absolute atomic E-state index is 0.00682. The molecule has 1 saturated heterocycles. The van der Waals surface area contributed by atoms with Crippen LogP contribution in [0, 0.1) is 18.8 Å². The number of hydrogen-bond acceptors (Lipinski definition) is 3. The first-order valence-electron chi connectivity index (χ1n) is 7.72. The number of nitrogens with one attached hydrogen (secondary N) is 1. The third-order valence-electron chi connectivity index (χ3n) is 4.33. The SMILES string of the molecule is Cc1cc(C(=O)N2CCC(F)(F)[C@@H](COCC3CC3)C2)n[nH]1. The molecular weight excluding hydrogens is 292 g/mol. The van der Waals surface area contributed by atoms with Gasteiger partial charge in [0.05, 0.1) is 12.5 Å². The van der Waals surface area contributed by atoms with E-state index in [-0.39, 0.29) is 37.7 Å². The maximum absolute atomic E-state index is 14.0. The molecule has 2 heterocycles. The van der Waals surface area contributed by atoms with Gasteiger partial charge in [0.2, 0.25) is 0 Å². The number of piperidine rings is 1. The van der Waals surface area contributed by atoms with Crippen LogP contribution in [0.4, 0.5) is 8.78 Å². The number of carbonyl (C=O) groups excluding carboxylic acids is 1. The fourth-order valence-electron chi connectivity index (χ4n) is 2.69. The van der Waals surface area contributed by atoms with E-state index < -0.39 is 11.8 Å². The van der Waals surface area contributed by atoms with E-state index in [2.05, 4.69) is 10.2 Å². The number of aromatic amines is 1. The van der Waals surface area contributed by atoms with Crippen molar-refractivity contribution in [1.82, 2.24) is 15.1 Å². The molecule has 1 atom stereocenters. The van der Waals surface area contributed by atoms with Gasteiger partial charge in [-0.2, -0.15) is 5.10 Å². The number of aryl methyl sites for hydroxylation is 1. The number of carbonyl (C=O) groups is 1. The number of ether oxygens (including phenoxy) is 1. The van der Waals surface area contributed by atoms with Gasteiger partial charge in [-0.1, -0.05) is 0 Å². The zero-order valence-corrected chi connectivity index (χ0v) is 12.6. The standard InChI is InChI=1S/C15H21F2N3O2/c1-10-6-13(19-18-10)14(21)20-5-4-15(16,17)12(7-20)9-22-8-11-2-3-11/h6,11-12H,2-5,7-9H2,1H3,(H,18,19)/t12-/m1/s1. The highest BCUT2D eigenvalue weighted by Crippen LogP contribution is 2.35. The van der Waals surface area contributed by atoms with Crippen molar-refractivity contribution >= 4 is 5.91 Å². The lowest BCUT2D eigenvalue weighted by Crippen LogP contribution is -2.51. The molecule has 1 saturated carbocycles. The molecule has 5 nitrogen and oxygen atoms in total. The van der Waals surface area contributed by atoms with Crippen LogP contribution in [-0.2, 0) is 4.74 Å². The van der Waals surface area contributed by atoms with Gasteiger partial charge in [0.15, 0.2) is 0 Å². The van der Waals surface area contributed by atoms with E-state index in [0.717, 1.165) is 18.5 Å². The summed E-state index contributed by atoms with van der Waals surface area (Å²) in [6.45, 7) is 2.42. The summed E-state index contributed by atoms with van der Waals surface area (Å²) in [5, 5.41) is 6.61. The average molecular weight is 313 g/mol. The summed E-state index contributed by atoms with van der Waals surface area (Å²) in [5.41, 5.74) is 1.05. The Labute approximate surface area is 128 Å². The second-order valence-electron chi connectivity index (χ2n) is 6.38. The number of rotatable bonds is 5. The number of aromatic nitrogens is 2. The molecule has 3 rings (SSSR count). The topological polar surface area (TPSA) is 58.2 Å². The molecule has 1 aromatic heterocycles. The molecule has 0 unspecified atom stereocenters. The fraction of sp³-hybridized carbons (Fsp3) is 0.733. The van der Waals surface area contributed by atoms with E-state index in [9.17, 15) is 13.6 Å².